The Kier molecular flexibility index (Phi) is 4.24. The molecule has 2 aliphatic heterocycles. The molecular formula is C14H16ClN3O4. The van der Waals surface area contributed by atoms with Gasteiger partial charge in [-0.2, -0.15) is 0 Å². The predicted molar refractivity (Wildman–Crippen MR) is 80.4 cm³/mol. The highest BCUT2D eigenvalue weighted by atomic mass is 35.5. The van der Waals surface area contributed by atoms with Crippen LogP contribution in [0.3, 0.4) is 0 Å². The molecular weight excluding hydrogens is 310 g/mol. The maximum Gasteiger partial charge on any atom is 0.319 e. The molecule has 0 aliphatic carbocycles. The zero-order valence-electron chi connectivity index (χ0n) is 11.8. The van der Waals surface area contributed by atoms with E-state index in [0.717, 1.165) is 12.8 Å². The third kappa shape index (κ3) is 3.19. The molecule has 0 bridgehead atoms. The summed E-state index contributed by atoms with van der Waals surface area (Å²) in [6.45, 7) is 0.774. The summed E-state index contributed by atoms with van der Waals surface area (Å²) in [5.74, 6) is 0.899. The molecule has 22 heavy (non-hydrogen) atoms. The molecule has 1 aromatic carbocycles. The standard InChI is InChI=1S/C14H16ClN3O4/c15-8-5-11-12(22-7-21-11)6-10(8)18-14(20)17-9-3-1-2-4-16-13(9)19/h5-6,9H,1-4,7H2,(H,16,19)(H2,17,18,20)/t9-/m0/s1. The van der Waals surface area contributed by atoms with Gasteiger partial charge in [-0.3, -0.25) is 4.79 Å². The van der Waals surface area contributed by atoms with Crippen molar-refractivity contribution in [2.24, 2.45) is 0 Å². The van der Waals surface area contributed by atoms with Crippen LogP contribution in [0, 0.1) is 0 Å². The summed E-state index contributed by atoms with van der Waals surface area (Å²) in [6.07, 6.45) is 2.42. The van der Waals surface area contributed by atoms with E-state index in [4.69, 9.17) is 21.1 Å². The first kappa shape index (κ1) is 14.8. The van der Waals surface area contributed by atoms with Crippen LogP contribution in [-0.4, -0.2) is 31.3 Å². The first-order valence-corrected chi connectivity index (χ1v) is 7.45. The molecule has 2 aliphatic rings. The maximum absolute atomic E-state index is 12.1. The number of hydrogen-bond acceptors (Lipinski definition) is 4. The molecule has 1 fully saturated rings. The molecule has 1 atom stereocenters. The third-order valence-electron chi connectivity index (χ3n) is 3.55. The highest BCUT2D eigenvalue weighted by Gasteiger charge is 2.23. The van der Waals surface area contributed by atoms with Crippen LogP contribution >= 0.6 is 11.6 Å². The molecule has 3 N–H and O–H groups in total. The second-order valence-electron chi connectivity index (χ2n) is 5.12. The molecule has 8 heteroatoms. The fourth-order valence-corrected chi connectivity index (χ4v) is 2.61. The Morgan fingerprint density at radius 1 is 1.27 bits per heavy atom. The Hall–Kier alpha value is -2.15. The normalized spacial score (nSPS) is 20.0. The summed E-state index contributed by atoms with van der Waals surface area (Å²) in [6, 6.07) is 2.16. The maximum atomic E-state index is 12.1. The van der Waals surface area contributed by atoms with E-state index in [1.165, 1.54) is 0 Å². The van der Waals surface area contributed by atoms with Crippen molar-refractivity contribution in [2.75, 3.05) is 18.7 Å². The average molecular weight is 326 g/mol. The number of halogens is 1. The van der Waals surface area contributed by atoms with Gasteiger partial charge in [-0.05, 0) is 19.3 Å². The number of hydrogen-bond donors (Lipinski definition) is 3. The van der Waals surface area contributed by atoms with E-state index >= 15 is 0 Å². The molecule has 3 rings (SSSR count). The van der Waals surface area contributed by atoms with Crippen molar-refractivity contribution >= 4 is 29.2 Å². The van der Waals surface area contributed by atoms with Crippen LogP contribution in [0.2, 0.25) is 5.02 Å². The number of urea groups is 1. The highest BCUT2D eigenvalue weighted by molar-refractivity contribution is 6.34. The molecule has 0 unspecified atom stereocenters. The van der Waals surface area contributed by atoms with E-state index < -0.39 is 12.1 Å². The molecule has 1 aromatic rings. The number of benzene rings is 1. The van der Waals surface area contributed by atoms with Crippen molar-refractivity contribution in [2.45, 2.75) is 25.3 Å². The Balaban J connectivity index is 1.65. The van der Waals surface area contributed by atoms with Crippen LogP contribution < -0.4 is 25.4 Å². The van der Waals surface area contributed by atoms with E-state index in [0.29, 0.717) is 35.2 Å². The highest BCUT2D eigenvalue weighted by Crippen LogP contribution is 2.39. The number of fused-ring (bicyclic) bond motifs is 1. The number of carbonyl (C=O) groups is 2. The van der Waals surface area contributed by atoms with Crippen molar-refractivity contribution in [3.8, 4) is 11.5 Å². The second-order valence-corrected chi connectivity index (χ2v) is 5.53. The molecule has 0 aromatic heterocycles. The van der Waals surface area contributed by atoms with Gasteiger partial charge in [0.2, 0.25) is 12.7 Å². The lowest BCUT2D eigenvalue weighted by Gasteiger charge is -2.16. The van der Waals surface area contributed by atoms with Crippen LogP contribution in [0.1, 0.15) is 19.3 Å². The van der Waals surface area contributed by atoms with Crippen LogP contribution in [0.5, 0.6) is 11.5 Å². The van der Waals surface area contributed by atoms with E-state index in [2.05, 4.69) is 16.0 Å². The minimum absolute atomic E-state index is 0.129. The van der Waals surface area contributed by atoms with Gasteiger partial charge in [0.25, 0.3) is 0 Å². The third-order valence-corrected chi connectivity index (χ3v) is 3.86. The minimum atomic E-state index is -0.532. The van der Waals surface area contributed by atoms with Gasteiger partial charge in [0.15, 0.2) is 11.5 Å². The van der Waals surface area contributed by atoms with Gasteiger partial charge in [-0.15, -0.1) is 0 Å². The lowest BCUT2D eigenvalue weighted by Crippen LogP contribution is -2.47. The van der Waals surface area contributed by atoms with Gasteiger partial charge in [-0.1, -0.05) is 11.6 Å². The summed E-state index contributed by atoms with van der Waals surface area (Å²) < 4.78 is 10.4. The van der Waals surface area contributed by atoms with E-state index in [1.54, 1.807) is 12.1 Å². The largest absolute Gasteiger partial charge is 0.454 e. The molecule has 0 saturated carbocycles. The lowest BCUT2D eigenvalue weighted by atomic mass is 10.1. The van der Waals surface area contributed by atoms with Crippen LogP contribution in [0.4, 0.5) is 10.5 Å². The van der Waals surface area contributed by atoms with E-state index in [-0.39, 0.29) is 12.7 Å². The number of ether oxygens (including phenoxy) is 2. The van der Waals surface area contributed by atoms with Gasteiger partial charge < -0.3 is 25.4 Å². The van der Waals surface area contributed by atoms with E-state index in [1.807, 2.05) is 0 Å². The van der Waals surface area contributed by atoms with Crippen LogP contribution in [-0.2, 0) is 4.79 Å². The molecule has 118 valence electrons. The van der Waals surface area contributed by atoms with Crippen molar-refractivity contribution in [3.05, 3.63) is 17.2 Å². The van der Waals surface area contributed by atoms with Crippen molar-refractivity contribution in [1.29, 1.82) is 0 Å². The summed E-state index contributed by atoms with van der Waals surface area (Å²) in [5, 5.41) is 8.39. The van der Waals surface area contributed by atoms with Crippen LogP contribution in [0.15, 0.2) is 12.1 Å². The fourth-order valence-electron chi connectivity index (χ4n) is 2.41. The quantitative estimate of drug-likeness (QED) is 0.774. The van der Waals surface area contributed by atoms with Gasteiger partial charge >= 0.3 is 6.03 Å². The summed E-state index contributed by atoms with van der Waals surface area (Å²) in [4.78, 5) is 23.9. The molecule has 7 nitrogen and oxygen atoms in total. The number of rotatable bonds is 2. The van der Waals surface area contributed by atoms with Gasteiger partial charge in [0.05, 0.1) is 10.7 Å². The SMILES string of the molecule is O=C(Nc1cc2c(cc1Cl)OCO2)N[C@H]1CCCCNC1=O. The first-order valence-electron chi connectivity index (χ1n) is 7.08. The zero-order valence-corrected chi connectivity index (χ0v) is 12.5. The number of carbonyl (C=O) groups excluding carboxylic acids is 2. The van der Waals surface area contributed by atoms with Gasteiger partial charge in [0, 0.05) is 18.7 Å². The van der Waals surface area contributed by atoms with Crippen LogP contribution in [0.25, 0.3) is 0 Å². The monoisotopic (exact) mass is 325 g/mol. The fraction of sp³-hybridized carbons (Fsp3) is 0.429. The minimum Gasteiger partial charge on any atom is -0.454 e. The molecule has 0 spiro atoms. The lowest BCUT2D eigenvalue weighted by molar-refractivity contribution is -0.122. The zero-order chi connectivity index (χ0) is 15.5. The summed E-state index contributed by atoms with van der Waals surface area (Å²) >= 11 is 6.09. The van der Waals surface area contributed by atoms with Crippen molar-refractivity contribution < 1.29 is 19.1 Å². The second kappa shape index (κ2) is 6.31. The molecule has 1 saturated heterocycles. The smallest absolute Gasteiger partial charge is 0.319 e. The number of anilines is 1. The van der Waals surface area contributed by atoms with Crippen molar-refractivity contribution in [1.82, 2.24) is 10.6 Å². The Bertz CT molecular complexity index is 608. The molecule has 0 radical (unpaired) electrons. The average Bonchev–Trinajstić information content (AvgIpc) is 2.83. The van der Waals surface area contributed by atoms with Crippen molar-refractivity contribution in [3.63, 3.8) is 0 Å². The predicted octanol–water partition coefficient (Wildman–Crippen LogP) is 1.86. The number of amides is 3. The molecule has 2 heterocycles. The Morgan fingerprint density at radius 3 is 2.86 bits per heavy atom. The van der Waals surface area contributed by atoms with Gasteiger partial charge in [-0.25, -0.2) is 4.79 Å². The topological polar surface area (TPSA) is 88.7 Å². The molecule has 3 amide bonds. The summed E-state index contributed by atoms with van der Waals surface area (Å²) in [5.41, 5.74) is 0.400. The summed E-state index contributed by atoms with van der Waals surface area (Å²) in [7, 11) is 0. The van der Waals surface area contributed by atoms with Gasteiger partial charge in [0.1, 0.15) is 6.04 Å². The van der Waals surface area contributed by atoms with E-state index in [9.17, 15) is 9.59 Å². The Morgan fingerprint density at radius 2 is 2.05 bits per heavy atom. The Labute approximate surface area is 132 Å². The first-order chi connectivity index (χ1) is 10.6. The number of nitrogens with one attached hydrogen (secondary N) is 3.